The van der Waals surface area contributed by atoms with Gasteiger partial charge < -0.3 is 10.1 Å². The molecule has 0 aliphatic heterocycles. The van der Waals surface area contributed by atoms with E-state index >= 15 is 0 Å². The van der Waals surface area contributed by atoms with Gasteiger partial charge in [0.15, 0.2) is 5.69 Å². The number of ether oxygens (including phenoxy) is 1. The second-order valence-corrected chi connectivity index (χ2v) is 6.66. The Kier molecular flexibility index (Phi) is 6.39. The van der Waals surface area contributed by atoms with Crippen LogP contribution >= 0.6 is 0 Å². The summed E-state index contributed by atoms with van der Waals surface area (Å²) in [6.45, 7) is 2.43. The lowest BCUT2D eigenvalue weighted by Gasteiger charge is -2.12. The molecule has 1 N–H and O–H groups in total. The van der Waals surface area contributed by atoms with Crippen LogP contribution < -0.4 is 15.6 Å². The fraction of sp³-hybridized carbons (Fsp3) is 0.286. The Morgan fingerprint density at radius 2 is 1.73 bits per heavy atom. The SMILES string of the molecule is CCCCCn1nc(C(=O)Nc2ccc(OC(F)(F)F)cc2)c2ccccc2c1=O. The monoisotopic (exact) mass is 419 g/mol. The number of carbonyl (C=O) groups excluding carboxylic acids is 1. The fourth-order valence-corrected chi connectivity index (χ4v) is 3.00. The normalized spacial score (nSPS) is 11.5. The summed E-state index contributed by atoms with van der Waals surface area (Å²) in [4.78, 5) is 25.5. The zero-order chi connectivity index (χ0) is 21.7. The van der Waals surface area contributed by atoms with Gasteiger partial charge in [-0.2, -0.15) is 5.10 Å². The van der Waals surface area contributed by atoms with Crippen LogP contribution in [-0.4, -0.2) is 22.1 Å². The van der Waals surface area contributed by atoms with Gasteiger partial charge in [-0.1, -0.05) is 38.0 Å². The zero-order valence-corrected chi connectivity index (χ0v) is 16.2. The van der Waals surface area contributed by atoms with Crippen molar-refractivity contribution in [2.45, 2.75) is 39.1 Å². The molecule has 0 fully saturated rings. The summed E-state index contributed by atoms with van der Waals surface area (Å²) in [6.07, 6.45) is -2.14. The zero-order valence-electron chi connectivity index (χ0n) is 16.2. The van der Waals surface area contributed by atoms with E-state index in [2.05, 4.69) is 15.2 Å². The summed E-state index contributed by atoms with van der Waals surface area (Å²) in [5.74, 6) is -0.964. The Balaban J connectivity index is 1.88. The van der Waals surface area contributed by atoms with Crippen LogP contribution in [0.4, 0.5) is 18.9 Å². The number of hydrogen-bond acceptors (Lipinski definition) is 4. The first-order valence-electron chi connectivity index (χ1n) is 9.45. The molecule has 1 heterocycles. The molecule has 2 aromatic carbocycles. The summed E-state index contributed by atoms with van der Waals surface area (Å²) < 4.78 is 41.9. The van der Waals surface area contributed by atoms with Crippen LogP contribution in [0, 0.1) is 0 Å². The molecule has 0 bridgehead atoms. The van der Waals surface area contributed by atoms with Gasteiger partial charge in [0.1, 0.15) is 5.75 Å². The van der Waals surface area contributed by atoms with E-state index in [1.807, 2.05) is 6.92 Å². The molecule has 1 aromatic heterocycles. The Labute approximate surface area is 170 Å². The van der Waals surface area contributed by atoms with E-state index in [1.54, 1.807) is 24.3 Å². The van der Waals surface area contributed by atoms with Gasteiger partial charge in [-0.3, -0.25) is 9.59 Å². The molecular weight excluding hydrogens is 399 g/mol. The van der Waals surface area contributed by atoms with E-state index < -0.39 is 18.0 Å². The first kappa shape index (κ1) is 21.4. The van der Waals surface area contributed by atoms with Gasteiger partial charge in [0.2, 0.25) is 0 Å². The topological polar surface area (TPSA) is 73.2 Å². The average molecular weight is 419 g/mol. The van der Waals surface area contributed by atoms with Crippen molar-refractivity contribution >= 4 is 22.4 Å². The van der Waals surface area contributed by atoms with E-state index in [1.165, 1.54) is 16.8 Å². The van der Waals surface area contributed by atoms with Crippen molar-refractivity contribution in [2.24, 2.45) is 0 Å². The summed E-state index contributed by atoms with van der Waals surface area (Å²) in [5, 5.41) is 7.64. The maximum Gasteiger partial charge on any atom is 0.573 e. The largest absolute Gasteiger partial charge is 0.573 e. The molecule has 0 aliphatic rings. The number of carbonyl (C=O) groups is 1. The number of alkyl halides is 3. The third-order valence-electron chi connectivity index (χ3n) is 4.40. The number of fused-ring (bicyclic) bond motifs is 1. The van der Waals surface area contributed by atoms with Gasteiger partial charge in [0, 0.05) is 17.6 Å². The molecule has 3 aromatic rings. The highest BCUT2D eigenvalue weighted by Crippen LogP contribution is 2.24. The van der Waals surface area contributed by atoms with Gasteiger partial charge in [-0.15, -0.1) is 13.2 Å². The standard InChI is InChI=1S/C21H20F3N3O3/c1-2-3-6-13-27-20(29)17-8-5-4-7-16(17)18(26-27)19(28)25-14-9-11-15(12-10-14)30-21(22,23)24/h4-5,7-12H,2-3,6,13H2,1H3,(H,25,28). The molecule has 0 unspecified atom stereocenters. The molecule has 158 valence electrons. The minimum absolute atomic E-state index is 0.0670. The molecule has 1 amide bonds. The van der Waals surface area contributed by atoms with Crippen molar-refractivity contribution in [3.63, 3.8) is 0 Å². The van der Waals surface area contributed by atoms with Crippen LogP contribution in [0.2, 0.25) is 0 Å². The van der Waals surface area contributed by atoms with Crippen LogP contribution in [-0.2, 0) is 6.54 Å². The van der Waals surface area contributed by atoms with Crippen molar-refractivity contribution in [2.75, 3.05) is 5.32 Å². The van der Waals surface area contributed by atoms with E-state index in [0.717, 1.165) is 31.4 Å². The number of aromatic nitrogens is 2. The predicted molar refractivity (Wildman–Crippen MR) is 107 cm³/mol. The highest BCUT2D eigenvalue weighted by Gasteiger charge is 2.31. The van der Waals surface area contributed by atoms with Gasteiger partial charge >= 0.3 is 6.36 Å². The Morgan fingerprint density at radius 3 is 2.37 bits per heavy atom. The number of aryl methyl sites for hydroxylation is 1. The van der Waals surface area contributed by atoms with E-state index in [0.29, 0.717) is 17.3 Å². The highest BCUT2D eigenvalue weighted by atomic mass is 19.4. The molecule has 3 rings (SSSR count). The molecule has 0 radical (unpaired) electrons. The molecule has 0 saturated heterocycles. The number of anilines is 1. The van der Waals surface area contributed by atoms with Gasteiger partial charge in [0.25, 0.3) is 11.5 Å². The molecule has 9 heteroatoms. The molecule has 0 atom stereocenters. The number of rotatable bonds is 7. The fourth-order valence-electron chi connectivity index (χ4n) is 3.00. The Morgan fingerprint density at radius 1 is 1.07 bits per heavy atom. The predicted octanol–water partition coefficient (Wildman–Crippen LogP) is 4.74. The quantitative estimate of drug-likeness (QED) is 0.562. The summed E-state index contributed by atoms with van der Waals surface area (Å²) in [6, 6.07) is 11.5. The molecule has 6 nitrogen and oxygen atoms in total. The number of unbranched alkanes of at least 4 members (excludes halogenated alkanes) is 2. The third kappa shape index (κ3) is 5.16. The summed E-state index contributed by atoms with van der Waals surface area (Å²) in [5.41, 5.74) is 0.0633. The van der Waals surface area contributed by atoms with Crippen LogP contribution in [0.3, 0.4) is 0 Å². The molecule has 0 saturated carbocycles. The maximum atomic E-state index is 12.8. The van der Waals surface area contributed by atoms with Crippen molar-refractivity contribution in [3.8, 4) is 5.75 Å². The lowest BCUT2D eigenvalue weighted by atomic mass is 10.1. The molecular formula is C21H20F3N3O3. The molecule has 30 heavy (non-hydrogen) atoms. The average Bonchev–Trinajstić information content (AvgIpc) is 2.70. The van der Waals surface area contributed by atoms with Crippen LogP contribution in [0.1, 0.15) is 36.7 Å². The number of nitrogens with one attached hydrogen (secondary N) is 1. The minimum Gasteiger partial charge on any atom is -0.406 e. The second kappa shape index (κ2) is 8.98. The van der Waals surface area contributed by atoms with E-state index in [4.69, 9.17) is 0 Å². The Bertz CT molecular complexity index is 1090. The first-order valence-corrected chi connectivity index (χ1v) is 9.45. The third-order valence-corrected chi connectivity index (χ3v) is 4.40. The van der Waals surface area contributed by atoms with Crippen molar-refractivity contribution in [3.05, 3.63) is 64.6 Å². The second-order valence-electron chi connectivity index (χ2n) is 6.66. The number of amides is 1. The smallest absolute Gasteiger partial charge is 0.406 e. The number of hydrogen-bond donors (Lipinski definition) is 1. The summed E-state index contributed by atoms with van der Waals surface area (Å²) >= 11 is 0. The first-order chi connectivity index (χ1) is 14.3. The lowest BCUT2D eigenvalue weighted by molar-refractivity contribution is -0.274. The minimum atomic E-state index is -4.79. The van der Waals surface area contributed by atoms with E-state index in [-0.39, 0.29) is 16.9 Å². The molecule has 0 aliphatic carbocycles. The van der Waals surface area contributed by atoms with Crippen LogP contribution in [0.15, 0.2) is 53.3 Å². The number of halogens is 3. The maximum absolute atomic E-state index is 12.8. The van der Waals surface area contributed by atoms with Gasteiger partial charge in [-0.05, 0) is 36.8 Å². The van der Waals surface area contributed by atoms with Crippen LogP contribution in [0.5, 0.6) is 5.75 Å². The number of nitrogens with zero attached hydrogens (tertiary/aromatic N) is 2. The van der Waals surface area contributed by atoms with E-state index in [9.17, 15) is 22.8 Å². The van der Waals surface area contributed by atoms with Crippen molar-refractivity contribution in [1.82, 2.24) is 9.78 Å². The van der Waals surface area contributed by atoms with Crippen molar-refractivity contribution in [1.29, 1.82) is 0 Å². The number of benzene rings is 2. The lowest BCUT2D eigenvalue weighted by Crippen LogP contribution is -2.27. The van der Waals surface area contributed by atoms with Crippen LogP contribution in [0.25, 0.3) is 10.8 Å². The highest BCUT2D eigenvalue weighted by molar-refractivity contribution is 6.11. The molecule has 0 spiro atoms. The van der Waals surface area contributed by atoms with Gasteiger partial charge in [-0.25, -0.2) is 4.68 Å². The van der Waals surface area contributed by atoms with Gasteiger partial charge in [0.05, 0.1) is 5.39 Å². The van der Waals surface area contributed by atoms with Crippen molar-refractivity contribution < 1.29 is 22.7 Å². The summed E-state index contributed by atoms with van der Waals surface area (Å²) in [7, 11) is 0. The Hall–Kier alpha value is -3.36.